The molecule has 1 saturated heterocycles. The van der Waals surface area contributed by atoms with E-state index in [0.717, 1.165) is 31.2 Å². The van der Waals surface area contributed by atoms with Gasteiger partial charge >= 0.3 is 11.9 Å². The number of hydrogen-bond acceptors (Lipinski definition) is 6. The van der Waals surface area contributed by atoms with Crippen LogP contribution < -0.4 is 4.74 Å². The molecule has 34 heavy (non-hydrogen) atoms. The topological polar surface area (TPSA) is 90.0 Å². The molecule has 0 spiro atoms. The molecule has 7 nitrogen and oxygen atoms in total. The van der Waals surface area contributed by atoms with Crippen LogP contribution in [0.15, 0.2) is 48.5 Å². The lowest BCUT2D eigenvalue weighted by Gasteiger charge is -2.31. The van der Waals surface area contributed by atoms with Crippen molar-refractivity contribution in [3.05, 3.63) is 65.2 Å². The lowest BCUT2D eigenvalue weighted by Crippen LogP contribution is -2.38. The van der Waals surface area contributed by atoms with Gasteiger partial charge in [-0.15, -0.1) is 0 Å². The molecule has 0 aromatic heterocycles. The number of esters is 2. The number of likely N-dealkylation sites (tertiary alicyclic amines) is 1. The molecular formula is C27H29NO6. The van der Waals surface area contributed by atoms with Crippen LogP contribution in [0.4, 0.5) is 0 Å². The molecule has 4 rings (SSSR count). The molecule has 1 atom stereocenters. The van der Waals surface area contributed by atoms with Crippen molar-refractivity contribution in [2.75, 3.05) is 13.2 Å². The van der Waals surface area contributed by atoms with E-state index in [2.05, 4.69) is 0 Å². The second kappa shape index (κ2) is 10.6. The van der Waals surface area contributed by atoms with E-state index in [9.17, 15) is 19.2 Å². The van der Waals surface area contributed by atoms with Crippen molar-refractivity contribution in [2.45, 2.75) is 51.5 Å². The van der Waals surface area contributed by atoms with E-state index in [1.165, 1.54) is 30.7 Å². The molecule has 178 valence electrons. The maximum atomic E-state index is 12.5. The van der Waals surface area contributed by atoms with E-state index in [1.54, 1.807) is 12.1 Å². The number of amides is 1. The fraction of sp³-hybridized carbons (Fsp3) is 0.407. The monoisotopic (exact) mass is 463 g/mol. The number of Topliss-reactive ketones (excluding diaryl/α,β-unsaturated/α-hetero) is 1. The van der Waals surface area contributed by atoms with E-state index >= 15 is 0 Å². The molecule has 2 fully saturated rings. The van der Waals surface area contributed by atoms with E-state index in [4.69, 9.17) is 9.47 Å². The lowest BCUT2D eigenvalue weighted by atomic mass is 9.94. The van der Waals surface area contributed by atoms with Crippen LogP contribution in [0.3, 0.4) is 0 Å². The zero-order valence-electron chi connectivity index (χ0n) is 19.3. The Balaban J connectivity index is 1.26. The largest absolute Gasteiger partial charge is 0.457 e. The van der Waals surface area contributed by atoms with Gasteiger partial charge in [-0.3, -0.25) is 14.4 Å². The first-order valence-corrected chi connectivity index (χ1v) is 11.8. The zero-order valence-corrected chi connectivity index (χ0v) is 19.3. The van der Waals surface area contributed by atoms with Crippen LogP contribution in [0.5, 0.6) is 5.75 Å². The van der Waals surface area contributed by atoms with Crippen molar-refractivity contribution < 1.29 is 28.7 Å². The molecule has 1 unspecified atom stereocenters. The minimum absolute atomic E-state index is 0.00375. The number of rotatable bonds is 7. The van der Waals surface area contributed by atoms with Crippen LogP contribution in [-0.4, -0.2) is 47.7 Å². The molecule has 1 aliphatic heterocycles. The maximum Gasteiger partial charge on any atom is 0.343 e. The van der Waals surface area contributed by atoms with Gasteiger partial charge in [0.2, 0.25) is 5.91 Å². The van der Waals surface area contributed by atoms with Crippen molar-refractivity contribution in [1.29, 1.82) is 0 Å². The fourth-order valence-electron chi connectivity index (χ4n) is 4.54. The third kappa shape index (κ3) is 5.71. The van der Waals surface area contributed by atoms with Crippen LogP contribution >= 0.6 is 0 Å². The van der Waals surface area contributed by atoms with Gasteiger partial charge in [0.05, 0.1) is 11.5 Å². The van der Waals surface area contributed by atoms with Crippen molar-refractivity contribution in [3.63, 3.8) is 0 Å². The highest BCUT2D eigenvalue weighted by atomic mass is 16.5. The van der Waals surface area contributed by atoms with Gasteiger partial charge in [-0.05, 0) is 56.2 Å². The van der Waals surface area contributed by atoms with Crippen molar-refractivity contribution in [2.24, 2.45) is 5.92 Å². The number of carbonyl (C=O) groups excluding carboxylic acids is 4. The third-order valence-electron chi connectivity index (χ3n) is 6.53. The molecule has 1 aliphatic carbocycles. The molecule has 7 heteroatoms. The molecule has 0 N–H and O–H groups in total. The van der Waals surface area contributed by atoms with Gasteiger partial charge in [0.25, 0.3) is 0 Å². The van der Waals surface area contributed by atoms with Crippen LogP contribution in [0.2, 0.25) is 0 Å². The van der Waals surface area contributed by atoms with Crippen molar-refractivity contribution in [3.8, 4) is 5.75 Å². The van der Waals surface area contributed by atoms with Gasteiger partial charge in [-0.1, -0.05) is 37.0 Å². The Kier molecular flexibility index (Phi) is 7.40. The highest BCUT2D eigenvalue weighted by Gasteiger charge is 2.39. The van der Waals surface area contributed by atoms with Gasteiger partial charge in [0.1, 0.15) is 5.75 Å². The van der Waals surface area contributed by atoms with Gasteiger partial charge in [0.15, 0.2) is 12.4 Å². The summed E-state index contributed by atoms with van der Waals surface area (Å²) < 4.78 is 10.6. The van der Waals surface area contributed by atoms with E-state index in [-0.39, 0.29) is 24.2 Å². The number of aryl methyl sites for hydroxylation is 1. The Morgan fingerprint density at radius 3 is 2.24 bits per heavy atom. The Morgan fingerprint density at radius 1 is 0.912 bits per heavy atom. The van der Waals surface area contributed by atoms with Crippen LogP contribution in [-0.2, 0) is 14.3 Å². The highest BCUT2D eigenvalue weighted by Crippen LogP contribution is 2.29. The average Bonchev–Trinajstić information content (AvgIpc) is 3.25. The molecule has 1 saturated carbocycles. The quantitative estimate of drug-likeness (QED) is 0.349. The molecule has 1 amide bonds. The Hall–Kier alpha value is -3.48. The molecule has 1 heterocycles. The standard InChI is InChI=1S/C27H29NO6/c1-18-7-9-20(10-8-18)27(32)34-23-13-11-19(12-14-23)24(29)17-33-26(31)21-15-25(30)28(16-21)22-5-3-2-4-6-22/h7-14,21-22H,2-6,15-17H2,1H3. The summed E-state index contributed by atoms with van der Waals surface area (Å²) in [7, 11) is 0. The van der Waals surface area contributed by atoms with Crippen LogP contribution in [0, 0.1) is 12.8 Å². The SMILES string of the molecule is Cc1ccc(C(=O)Oc2ccc(C(=O)COC(=O)C3CC(=O)N(C4CCCCC4)C3)cc2)cc1. The van der Waals surface area contributed by atoms with Crippen molar-refractivity contribution >= 4 is 23.6 Å². The highest BCUT2D eigenvalue weighted by molar-refractivity contribution is 5.98. The van der Waals surface area contributed by atoms with Gasteiger partial charge in [-0.25, -0.2) is 4.79 Å². The number of ether oxygens (including phenoxy) is 2. The number of benzene rings is 2. The molecular weight excluding hydrogens is 434 g/mol. The summed E-state index contributed by atoms with van der Waals surface area (Å²) in [6.45, 7) is 1.91. The maximum absolute atomic E-state index is 12.5. The summed E-state index contributed by atoms with van der Waals surface area (Å²) in [4.78, 5) is 51.4. The Labute approximate surface area is 199 Å². The molecule has 2 aromatic carbocycles. The predicted molar refractivity (Wildman–Crippen MR) is 125 cm³/mol. The van der Waals surface area contributed by atoms with E-state index in [0.29, 0.717) is 23.4 Å². The number of nitrogens with zero attached hydrogens (tertiary/aromatic N) is 1. The predicted octanol–water partition coefficient (Wildman–Crippen LogP) is 4.12. The van der Waals surface area contributed by atoms with E-state index < -0.39 is 24.5 Å². The second-order valence-electron chi connectivity index (χ2n) is 9.05. The Bertz CT molecular complexity index is 1050. The Morgan fingerprint density at radius 2 is 1.56 bits per heavy atom. The lowest BCUT2D eigenvalue weighted by molar-refractivity contribution is -0.147. The normalized spacial score (nSPS) is 18.6. The zero-order chi connectivity index (χ0) is 24.1. The summed E-state index contributed by atoms with van der Waals surface area (Å²) in [6, 6.07) is 13.4. The van der Waals surface area contributed by atoms with Crippen molar-refractivity contribution in [1.82, 2.24) is 4.90 Å². The van der Waals surface area contributed by atoms with Gasteiger partial charge in [0, 0.05) is 24.6 Å². The first kappa shape index (κ1) is 23.7. The van der Waals surface area contributed by atoms with E-state index in [1.807, 2.05) is 24.0 Å². The summed E-state index contributed by atoms with van der Waals surface area (Å²) >= 11 is 0. The number of hydrogen-bond donors (Lipinski definition) is 0. The third-order valence-corrected chi connectivity index (χ3v) is 6.53. The fourth-order valence-corrected chi connectivity index (χ4v) is 4.54. The smallest absolute Gasteiger partial charge is 0.343 e. The molecule has 0 radical (unpaired) electrons. The molecule has 0 bridgehead atoms. The number of carbonyl (C=O) groups is 4. The average molecular weight is 464 g/mol. The second-order valence-corrected chi connectivity index (χ2v) is 9.05. The molecule has 2 aliphatic rings. The minimum Gasteiger partial charge on any atom is -0.457 e. The summed E-state index contributed by atoms with van der Waals surface area (Å²) in [5.74, 6) is -1.57. The molecule has 2 aromatic rings. The van der Waals surface area contributed by atoms with Gasteiger partial charge < -0.3 is 14.4 Å². The van der Waals surface area contributed by atoms with Crippen LogP contribution in [0.25, 0.3) is 0 Å². The number of ketones is 1. The summed E-state index contributed by atoms with van der Waals surface area (Å²) in [5, 5.41) is 0. The van der Waals surface area contributed by atoms with Crippen LogP contribution in [0.1, 0.15) is 64.8 Å². The first-order chi connectivity index (χ1) is 16.4. The summed E-state index contributed by atoms with van der Waals surface area (Å²) in [5.41, 5.74) is 1.82. The van der Waals surface area contributed by atoms with Gasteiger partial charge in [-0.2, -0.15) is 0 Å². The first-order valence-electron chi connectivity index (χ1n) is 11.8. The summed E-state index contributed by atoms with van der Waals surface area (Å²) in [6.07, 6.45) is 5.54. The minimum atomic E-state index is -0.522.